The highest BCUT2D eigenvalue weighted by Crippen LogP contribution is 2.32. The van der Waals surface area contributed by atoms with Crippen molar-refractivity contribution < 1.29 is 0 Å². The van der Waals surface area contributed by atoms with Gasteiger partial charge in [-0.2, -0.15) is 0 Å². The molecule has 52 valence electrons. The zero-order valence-electron chi connectivity index (χ0n) is 5.96. The molecule has 1 aliphatic heterocycles. The largest absolute Gasteiger partial charge is 0.361 e. The van der Waals surface area contributed by atoms with Crippen LogP contribution in [0.3, 0.4) is 0 Å². The van der Waals surface area contributed by atoms with Crippen molar-refractivity contribution in [3.63, 3.8) is 0 Å². The highest BCUT2D eigenvalue weighted by Gasteiger charge is 1.99. The summed E-state index contributed by atoms with van der Waals surface area (Å²) in [6.45, 7) is 2.30. The van der Waals surface area contributed by atoms with E-state index in [2.05, 4.69) is 29.6 Å². The van der Waals surface area contributed by atoms with E-state index in [0.29, 0.717) is 0 Å². The minimum atomic E-state index is 0.136. The molecule has 1 atom stereocenters. The Bertz CT molecular complexity index is 336. The van der Waals surface area contributed by atoms with Crippen LogP contribution in [0, 0.1) is 0 Å². The second kappa shape index (κ2) is 2.25. The fraction of sp³-hybridized carbons (Fsp3) is 0.250. The van der Waals surface area contributed by atoms with Crippen LogP contribution in [0.25, 0.3) is 11.9 Å². The molecule has 1 aromatic heterocycles. The molecule has 0 aliphatic carbocycles. The third kappa shape index (κ3) is 0.911. The third-order valence-corrected chi connectivity index (χ3v) is 3.22. The van der Waals surface area contributed by atoms with Gasteiger partial charge in [-0.3, -0.25) is 0 Å². The summed E-state index contributed by atoms with van der Waals surface area (Å²) in [6, 6.07) is 2.13. The third-order valence-electron chi connectivity index (χ3n) is 1.76. The standard InChI is InChI=1S/C8H10NP/c1-10-5-3-7-2-4-9-8(7)6-10/h2-4,6,9H,5H2,1H3. The highest BCUT2D eigenvalue weighted by atomic mass is 31.1. The Morgan fingerprint density at radius 1 is 1.60 bits per heavy atom. The van der Waals surface area contributed by atoms with E-state index in [1.54, 1.807) is 0 Å². The second-order valence-corrected chi connectivity index (χ2v) is 4.76. The first kappa shape index (κ1) is 6.18. The molecule has 0 aromatic carbocycles. The maximum Gasteiger partial charge on any atom is 0.0455 e. The fourth-order valence-corrected chi connectivity index (χ4v) is 2.45. The molecule has 1 aliphatic rings. The summed E-state index contributed by atoms with van der Waals surface area (Å²) in [5.41, 5.74) is 0. The van der Waals surface area contributed by atoms with E-state index >= 15 is 0 Å². The molecule has 1 aromatic rings. The van der Waals surface area contributed by atoms with Gasteiger partial charge in [0.15, 0.2) is 0 Å². The molecule has 1 N–H and O–H groups in total. The molecule has 0 saturated heterocycles. The molecule has 0 amide bonds. The monoisotopic (exact) mass is 151 g/mol. The zero-order valence-corrected chi connectivity index (χ0v) is 6.86. The van der Waals surface area contributed by atoms with Gasteiger partial charge in [0.25, 0.3) is 0 Å². The maximum atomic E-state index is 3.22. The van der Waals surface area contributed by atoms with Crippen molar-refractivity contribution in [1.82, 2.24) is 4.98 Å². The summed E-state index contributed by atoms with van der Waals surface area (Å²) < 4.78 is 0. The predicted molar refractivity (Wildman–Crippen MR) is 46.7 cm³/mol. The Hall–Kier alpha value is -0.550. The minimum absolute atomic E-state index is 0.136. The first-order valence-electron chi connectivity index (χ1n) is 3.42. The SMILES string of the molecule is CP1C=c2[nH]ccc2=CC1. The maximum absolute atomic E-state index is 3.22. The van der Waals surface area contributed by atoms with Crippen molar-refractivity contribution >= 4 is 19.8 Å². The van der Waals surface area contributed by atoms with Crippen LogP contribution < -0.4 is 10.6 Å². The summed E-state index contributed by atoms with van der Waals surface area (Å²) in [6.07, 6.45) is 5.57. The van der Waals surface area contributed by atoms with Crippen molar-refractivity contribution in [1.29, 1.82) is 0 Å². The van der Waals surface area contributed by atoms with E-state index < -0.39 is 0 Å². The molecule has 2 heterocycles. The van der Waals surface area contributed by atoms with E-state index in [4.69, 9.17) is 0 Å². The van der Waals surface area contributed by atoms with Crippen LogP contribution >= 0.6 is 7.92 Å². The van der Waals surface area contributed by atoms with Crippen LogP contribution in [0.2, 0.25) is 0 Å². The van der Waals surface area contributed by atoms with Gasteiger partial charge in [-0.25, -0.2) is 0 Å². The number of hydrogen-bond acceptors (Lipinski definition) is 0. The Morgan fingerprint density at radius 3 is 3.40 bits per heavy atom. The van der Waals surface area contributed by atoms with E-state index in [9.17, 15) is 0 Å². The van der Waals surface area contributed by atoms with Gasteiger partial charge >= 0.3 is 0 Å². The molecule has 0 bridgehead atoms. The van der Waals surface area contributed by atoms with E-state index in [1.165, 1.54) is 16.7 Å². The normalized spacial score (nSPS) is 22.7. The Balaban J connectivity index is 2.73. The van der Waals surface area contributed by atoms with Crippen molar-refractivity contribution in [2.75, 3.05) is 12.8 Å². The van der Waals surface area contributed by atoms with Gasteiger partial charge in [0, 0.05) is 11.5 Å². The molecule has 0 spiro atoms. The van der Waals surface area contributed by atoms with Gasteiger partial charge in [-0.15, -0.1) is 0 Å². The van der Waals surface area contributed by atoms with Crippen LogP contribution in [-0.2, 0) is 0 Å². The molecule has 2 heteroatoms. The lowest BCUT2D eigenvalue weighted by molar-refractivity contribution is 1.32. The molecule has 0 saturated carbocycles. The van der Waals surface area contributed by atoms with E-state index in [0.717, 1.165) is 0 Å². The fourth-order valence-electron chi connectivity index (χ4n) is 1.20. The van der Waals surface area contributed by atoms with Gasteiger partial charge in [0.1, 0.15) is 0 Å². The molecular formula is C8H10NP. The smallest absolute Gasteiger partial charge is 0.0455 e. The van der Waals surface area contributed by atoms with Crippen LogP contribution in [0.4, 0.5) is 0 Å². The summed E-state index contributed by atoms with van der Waals surface area (Å²) in [5.74, 6) is 2.35. The minimum Gasteiger partial charge on any atom is -0.361 e. The van der Waals surface area contributed by atoms with Crippen LogP contribution in [0.1, 0.15) is 0 Å². The molecule has 1 nitrogen and oxygen atoms in total. The van der Waals surface area contributed by atoms with E-state index in [-0.39, 0.29) is 7.92 Å². The Kier molecular flexibility index (Phi) is 1.39. The lowest BCUT2D eigenvalue weighted by Crippen LogP contribution is -2.24. The summed E-state index contributed by atoms with van der Waals surface area (Å²) in [4.78, 5) is 3.22. The molecular weight excluding hydrogens is 141 g/mol. The van der Waals surface area contributed by atoms with Gasteiger partial charge < -0.3 is 4.98 Å². The van der Waals surface area contributed by atoms with Crippen molar-refractivity contribution in [2.24, 2.45) is 0 Å². The van der Waals surface area contributed by atoms with Crippen molar-refractivity contribution in [3.8, 4) is 0 Å². The quantitative estimate of drug-likeness (QED) is 0.524. The summed E-state index contributed by atoms with van der Waals surface area (Å²) >= 11 is 0. The van der Waals surface area contributed by atoms with Gasteiger partial charge in [-0.1, -0.05) is 14.0 Å². The Labute approximate surface area is 61.2 Å². The highest BCUT2D eigenvalue weighted by molar-refractivity contribution is 7.65. The van der Waals surface area contributed by atoms with Crippen LogP contribution in [-0.4, -0.2) is 17.8 Å². The lowest BCUT2D eigenvalue weighted by atomic mass is 10.4. The average Bonchev–Trinajstić information content (AvgIpc) is 2.33. The average molecular weight is 151 g/mol. The number of hydrogen-bond donors (Lipinski definition) is 1. The predicted octanol–water partition coefficient (Wildman–Crippen LogP) is 0.658. The van der Waals surface area contributed by atoms with Crippen molar-refractivity contribution in [2.45, 2.75) is 0 Å². The molecule has 10 heavy (non-hydrogen) atoms. The van der Waals surface area contributed by atoms with Gasteiger partial charge in [-0.05, 0) is 29.9 Å². The van der Waals surface area contributed by atoms with Crippen molar-refractivity contribution in [3.05, 3.63) is 22.8 Å². The molecule has 0 fully saturated rings. The van der Waals surface area contributed by atoms with Crippen LogP contribution in [0.15, 0.2) is 12.3 Å². The number of H-pyrrole nitrogens is 1. The number of rotatable bonds is 0. The Morgan fingerprint density at radius 2 is 2.50 bits per heavy atom. The molecule has 0 radical (unpaired) electrons. The molecule has 2 rings (SSSR count). The number of fused-ring (bicyclic) bond motifs is 1. The zero-order chi connectivity index (χ0) is 6.97. The number of nitrogens with one attached hydrogen (secondary N) is 1. The number of aromatic nitrogens is 1. The van der Waals surface area contributed by atoms with Gasteiger partial charge in [0.05, 0.1) is 0 Å². The topological polar surface area (TPSA) is 15.8 Å². The first-order chi connectivity index (χ1) is 4.86. The van der Waals surface area contributed by atoms with E-state index in [1.807, 2.05) is 6.20 Å². The summed E-state index contributed by atoms with van der Waals surface area (Å²) in [5, 5.41) is 2.69. The second-order valence-electron chi connectivity index (χ2n) is 2.62. The summed E-state index contributed by atoms with van der Waals surface area (Å²) in [7, 11) is 0.136. The molecule has 1 unspecified atom stereocenters. The van der Waals surface area contributed by atoms with Gasteiger partial charge in [0.2, 0.25) is 0 Å². The lowest BCUT2D eigenvalue weighted by Gasteiger charge is -2.04. The number of aromatic amines is 1. The van der Waals surface area contributed by atoms with Crippen LogP contribution in [0.5, 0.6) is 0 Å². The first-order valence-corrected chi connectivity index (χ1v) is 5.46.